The highest BCUT2D eigenvalue weighted by atomic mass is 16.5. The van der Waals surface area contributed by atoms with Crippen molar-refractivity contribution in [1.82, 2.24) is 9.78 Å². The molecule has 0 unspecified atom stereocenters. The molecule has 0 bridgehead atoms. The van der Waals surface area contributed by atoms with E-state index in [0.29, 0.717) is 40.4 Å². The van der Waals surface area contributed by atoms with Crippen molar-refractivity contribution in [3.63, 3.8) is 0 Å². The number of aromatic nitrogens is 2. The molecule has 40 heavy (non-hydrogen) atoms. The number of benzene rings is 3. The van der Waals surface area contributed by atoms with Crippen LogP contribution in [0.15, 0.2) is 60.7 Å². The Bertz CT molecular complexity index is 1540. The number of hydrogen-bond donors (Lipinski definition) is 1. The number of ether oxygens (including phenoxy) is 3. The smallest absolute Gasteiger partial charge is 0.309 e. The molecule has 0 fully saturated rings. The zero-order valence-electron chi connectivity index (χ0n) is 24.0. The van der Waals surface area contributed by atoms with Crippen LogP contribution in [0.3, 0.4) is 0 Å². The summed E-state index contributed by atoms with van der Waals surface area (Å²) in [7, 11) is 3.18. The highest BCUT2D eigenvalue weighted by molar-refractivity contribution is 5.93. The highest BCUT2D eigenvalue weighted by Crippen LogP contribution is 2.45. The first-order valence-electron chi connectivity index (χ1n) is 13.1. The molecular formula is C32H35N3O5. The van der Waals surface area contributed by atoms with Crippen molar-refractivity contribution in [2.45, 2.75) is 41.0 Å². The molecule has 0 aliphatic rings. The molecule has 0 saturated heterocycles. The number of esters is 1. The van der Waals surface area contributed by atoms with Crippen LogP contribution in [0.25, 0.3) is 28.1 Å². The number of hydrogen-bond acceptors (Lipinski definition) is 6. The van der Waals surface area contributed by atoms with Gasteiger partial charge < -0.3 is 19.5 Å². The second kappa shape index (κ2) is 12.1. The summed E-state index contributed by atoms with van der Waals surface area (Å²) in [5.74, 6) is 1.20. The third-order valence-electron chi connectivity index (χ3n) is 6.38. The lowest BCUT2D eigenvalue weighted by atomic mass is 10.00. The van der Waals surface area contributed by atoms with Gasteiger partial charge in [-0.25, -0.2) is 0 Å². The predicted molar refractivity (Wildman–Crippen MR) is 156 cm³/mol. The van der Waals surface area contributed by atoms with Crippen LogP contribution in [0, 0.1) is 19.8 Å². The molecule has 0 radical (unpaired) electrons. The average molecular weight is 542 g/mol. The molecule has 1 N–H and O–H groups in total. The van der Waals surface area contributed by atoms with E-state index >= 15 is 0 Å². The second-order valence-electron chi connectivity index (χ2n) is 10.1. The number of methoxy groups -OCH3 is 2. The molecule has 8 nitrogen and oxygen atoms in total. The number of rotatable bonds is 9. The number of carbonyl (C=O) groups is 2. The van der Waals surface area contributed by atoms with Gasteiger partial charge in [-0.15, -0.1) is 0 Å². The number of nitrogens with one attached hydrogen (secondary N) is 1. The Morgan fingerprint density at radius 3 is 2.27 bits per heavy atom. The van der Waals surface area contributed by atoms with Gasteiger partial charge in [0.2, 0.25) is 11.8 Å². The van der Waals surface area contributed by atoms with Crippen molar-refractivity contribution in [1.29, 1.82) is 0 Å². The Hall–Kier alpha value is -4.59. The van der Waals surface area contributed by atoms with Crippen LogP contribution >= 0.6 is 0 Å². The number of amides is 1. The molecule has 8 heteroatoms. The van der Waals surface area contributed by atoms with E-state index in [4.69, 9.17) is 19.3 Å². The monoisotopic (exact) mass is 541 g/mol. The van der Waals surface area contributed by atoms with Gasteiger partial charge in [0.05, 0.1) is 25.5 Å². The van der Waals surface area contributed by atoms with Crippen LogP contribution in [-0.2, 0) is 9.59 Å². The largest absolute Gasteiger partial charge is 0.497 e. The molecule has 0 spiro atoms. The third-order valence-corrected chi connectivity index (χ3v) is 6.38. The first-order valence-corrected chi connectivity index (χ1v) is 13.1. The van der Waals surface area contributed by atoms with Crippen LogP contribution in [0.2, 0.25) is 0 Å². The lowest BCUT2D eigenvalue weighted by molar-refractivity contribution is -0.132. The molecule has 208 valence electrons. The van der Waals surface area contributed by atoms with E-state index in [0.717, 1.165) is 22.4 Å². The molecule has 0 aliphatic heterocycles. The molecule has 1 aromatic heterocycles. The minimum atomic E-state index is -0.474. The fraction of sp³-hybridized carbons (Fsp3) is 0.281. The van der Waals surface area contributed by atoms with Crippen molar-refractivity contribution >= 4 is 17.6 Å². The van der Waals surface area contributed by atoms with E-state index in [1.165, 1.54) is 6.92 Å². The number of carbonyl (C=O) groups excluding carboxylic acids is 2. The Kier molecular flexibility index (Phi) is 8.58. The van der Waals surface area contributed by atoms with E-state index in [9.17, 15) is 9.59 Å². The Balaban J connectivity index is 1.95. The van der Waals surface area contributed by atoms with Gasteiger partial charge in [-0.2, -0.15) is 9.78 Å². The average Bonchev–Trinajstić information content (AvgIpc) is 3.26. The summed E-state index contributed by atoms with van der Waals surface area (Å²) < 4.78 is 18.6. The van der Waals surface area contributed by atoms with E-state index in [1.54, 1.807) is 25.0 Å². The van der Waals surface area contributed by atoms with Gasteiger partial charge >= 0.3 is 5.97 Å². The van der Waals surface area contributed by atoms with Crippen molar-refractivity contribution in [3.05, 3.63) is 71.8 Å². The summed E-state index contributed by atoms with van der Waals surface area (Å²) in [6, 6.07) is 18.9. The minimum absolute atomic E-state index is 0.0466. The predicted octanol–water partition coefficient (Wildman–Crippen LogP) is 6.75. The summed E-state index contributed by atoms with van der Waals surface area (Å²) in [5, 5.41) is 7.93. The SMILES string of the molecule is COc1ccc(-c2nn(-c3ccc(C)cc3C)c(OC(C)=O)c2-c2ccc(NC(=O)CC(C)C)cc2)c(OC)c1. The molecule has 4 aromatic rings. The molecule has 0 atom stereocenters. The van der Waals surface area contributed by atoms with Gasteiger partial charge in [-0.05, 0) is 61.2 Å². The molecule has 1 heterocycles. The molecule has 0 aliphatic carbocycles. The third kappa shape index (κ3) is 6.17. The quantitative estimate of drug-likeness (QED) is 0.236. The van der Waals surface area contributed by atoms with Gasteiger partial charge in [0.15, 0.2) is 0 Å². The first kappa shape index (κ1) is 28.4. The summed E-state index contributed by atoms with van der Waals surface area (Å²) in [5.41, 5.74) is 6.15. The van der Waals surface area contributed by atoms with Crippen molar-refractivity contribution in [2.75, 3.05) is 19.5 Å². The van der Waals surface area contributed by atoms with Crippen LogP contribution < -0.4 is 19.5 Å². The van der Waals surface area contributed by atoms with Gasteiger partial charge in [-0.1, -0.05) is 43.7 Å². The van der Waals surface area contributed by atoms with Crippen LogP contribution in [0.4, 0.5) is 5.69 Å². The van der Waals surface area contributed by atoms with Gasteiger partial charge in [0.1, 0.15) is 17.2 Å². The molecule has 4 rings (SSSR count). The normalized spacial score (nSPS) is 10.9. The summed E-state index contributed by atoms with van der Waals surface area (Å²) in [4.78, 5) is 24.7. The minimum Gasteiger partial charge on any atom is -0.497 e. The van der Waals surface area contributed by atoms with Crippen molar-refractivity contribution < 1.29 is 23.8 Å². The summed E-state index contributed by atoms with van der Waals surface area (Å²) in [6.45, 7) is 9.38. The lowest BCUT2D eigenvalue weighted by Gasteiger charge is -2.13. The molecule has 3 aromatic carbocycles. The van der Waals surface area contributed by atoms with Crippen LogP contribution in [-0.4, -0.2) is 35.9 Å². The molecule has 1 amide bonds. The topological polar surface area (TPSA) is 91.7 Å². The Morgan fingerprint density at radius 2 is 1.68 bits per heavy atom. The zero-order valence-corrected chi connectivity index (χ0v) is 24.0. The number of aryl methyl sites for hydroxylation is 2. The number of nitrogens with zero attached hydrogens (tertiary/aromatic N) is 2. The maximum absolute atomic E-state index is 12.4. The van der Waals surface area contributed by atoms with E-state index in [2.05, 4.69) is 11.4 Å². The van der Waals surface area contributed by atoms with E-state index in [-0.39, 0.29) is 17.7 Å². The van der Waals surface area contributed by atoms with Gasteiger partial charge in [-0.3, -0.25) is 9.59 Å². The fourth-order valence-corrected chi connectivity index (χ4v) is 4.59. The van der Waals surface area contributed by atoms with E-state index in [1.807, 2.05) is 76.2 Å². The number of anilines is 1. The molecular weight excluding hydrogens is 506 g/mol. The van der Waals surface area contributed by atoms with Crippen molar-refractivity contribution in [3.8, 4) is 45.5 Å². The fourth-order valence-electron chi connectivity index (χ4n) is 4.59. The Morgan fingerprint density at radius 1 is 0.950 bits per heavy atom. The van der Waals surface area contributed by atoms with E-state index < -0.39 is 5.97 Å². The summed E-state index contributed by atoms with van der Waals surface area (Å²) >= 11 is 0. The first-order chi connectivity index (χ1) is 19.1. The Labute approximate surface area is 234 Å². The summed E-state index contributed by atoms with van der Waals surface area (Å²) in [6.07, 6.45) is 0.433. The van der Waals surface area contributed by atoms with Crippen molar-refractivity contribution in [2.24, 2.45) is 5.92 Å². The maximum atomic E-state index is 12.4. The van der Waals surface area contributed by atoms with Crippen LogP contribution in [0.1, 0.15) is 38.3 Å². The van der Waals surface area contributed by atoms with Gasteiger partial charge in [0.25, 0.3) is 0 Å². The standard InChI is InChI=1S/C32H35N3O5/c1-19(2)16-29(37)33-24-11-9-23(10-12-24)30-31(26-14-13-25(38-6)18-28(26)39-7)34-35(32(30)40-22(5)36)27-15-8-20(3)17-21(27)4/h8-15,17-19H,16H2,1-7H3,(H,33,37). The maximum Gasteiger partial charge on any atom is 0.309 e. The highest BCUT2D eigenvalue weighted by Gasteiger charge is 2.27. The zero-order chi connectivity index (χ0) is 29.0. The second-order valence-corrected chi connectivity index (χ2v) is 10.1. The lowest BCUT2D eigenvalue weighted by Crippen LogP contribution is -2.13. The molecule has 0 saturated carbocycles. The van der Waals surface area contributed by atoms with Gasteiger partial charge in [0, 0.05) is 30.7 Å². The van der Waals surface area contributed by atoms with Crippen LogP contribution in [0.5, 0.6) is 17.4 Å².